The minimum absolute atomic E-state index is 0. The van der Waals surface area contributed by atoms with Crippen molar-refractivity contribution in [3.8, 4) is 0 Å². The van der Waals surface area contributed by atoms with E-state index in [-0.39, 0.29) is 27.3 Å². The van der Waals surface area contributed by atoms with Crippen LogP contribution >= 0.6 is 0 Å². The van der Waals surface area contributed by atoms with Crippen molar-refractivity contribution in [2.75, 3.05) is 0 Å². The maximum Gasteiger partial charge on any atom is 2.00 e. The molecule has 0 N–H and O–H groups in total. The van der Waals surface area contributed by atoms with Gasteiger partial charge in [-0.2, -0.15) is 43.9 Å². The van der Waals surface area contributed by atoms with Crippen molar-refractivity contribution < 1.29 is 97.1 Å². The van der Waals surface area contributed by atoms with Gasteiger partial charge < -0.3 is 9.11 Å². The zero-order valence-electron chi connectivity index (χ0n) is 9.75. The molecule has 0 rings (SSSR count). The van der Waals surface area contributed by atoms with E-state index in [0.717, 1.165) is 0 Å². The Hall–Kier alpha value is 0.0421. The molecule has 0 aromatic carbocycles. The first-order valence-corrected chi connectivity index (χ1v) is 6.61. The van der Waals surface area contributed by atoms with Gasteiger partial charge in [-0.05, 0) is 0 Å². The fraction of sp³-hybridized carbons (Fsp3) is 1.00. The Morgan fingerprint density at radius 2 is 0.652 bits per heavy atom. The summed E-state index contributed by atoms with van der Waals surface area (Å²) in [4.78, 5) is 0. The van der Waals surface area contributed by atoms with Crippen LogP contribution in [0.3, 0.4) is 0 Å². The first-order valence-electron chi connectivity index (χ1n) is 3.80. The van der Waals surface area contributed by atoms with Crippen molar-refractivity contribution in [2.24, 2.45) is 0 Å². The van der Waals surface area contributed by atoms with Gasteiger partial charge in [0.1, 0.15) is 0 Å². The maximum absolute atomic E-state index is 11.4. The van der Waals surface area contributed by atoms with Crippen LogP contribution in [-0.2, 0) is 47.5 Å². The van der Waals surface area contributed by atoms with E-state index < -0.39 is 43.1 Å². The number of hydrogen-bond acceptors (Lipinski definition) is 6. The number of rotatable bonds is 2. The van der Waals surface area contributed by atoms with Crippen molar-refractivity contribution >= 4 is 20.2 Å². The molecule has 0 atom stereocenters. The van der Waals surface area contributed by atoms with E-state index in [1.54, 1.807) is 0 Å². The Bertz CT molecular complexity index is 534. The van der Waals surface area contributed by atoms with Gasteiger partial charge in [-0.1, -0.05) is 0 Å². The van der Waals surface area contributed by atoms with Crippen LogP contribution in [0, 0.1) is 0 Å². The SMILES string of the molecule is O=S(=O)([O-])C(F)(F)C(F)(F)F.O=S(=O)([O-])C(F)(F)C(F)(F)F.[Cd+2]. The van der Waals surface area contributed by atoms with E-state index in [9.17, 15) is 69.8 Å². The van der Waals surface area contributed by atoms with Gasteiger partial charge in [0, 0.05) is 0 Å². The molecule has 0 aromatic heterocycles. The minimum atomic E-state index is -6.67. The molecule has 0 amide bonds. The van der Waals surface area contributed by atoms with Crippen molar-refractivity contribution in [3.05, 3.63) is 0 Å². The van der Waals surface area contributed by atoms with Crippen LogP contribution in [0.15, 0.2) is 0 Å². The Kier molecular flexibility index (Phi) is 9.10. The monoisotopic (exact) mass is 512 g/mol. The Labute approximate surface area is 140 Å². The average molecular weight is 511 g/mol. The van der Waals surface area contributed by atoms with Gasteiger partial charge in [0.2, 0.25) is 0 Å². The Morgan fingerprint density at radius 1 is 0.522 bits per heavy atom. The van der Waals surface area contributed by atoms with E-state index in [1.807, 2.05) is 0 Å². The molecule has 6 nitrogen and oxygen atoms in total. The molecule has 0 aliphatic heterocycles. The molecular formula is C4CdF10O6S2. The van der Waals surface area contributed by atoms with Crippen molar-refractivity contribution in [3.63, 3.8) is 0 Å². The number of halogens is 10. The summed E-state index contributed by atoms with van der Waals surface area (Å²) in [6.45, 7) is 0. The molecule has 0 aliphatic carbocycles. The van der Waals surface area contributed by atoms with Gasteiger partial charge in [-0.15, -0.1) is 0 Å². The second-order valence-corrected chi connectivity index (χ2v) is 5.78. The Morgan fingerprint density at radius 3 is 0.652 bits per heavy atom. The van der Waals surface area contributed by atoms with Crippen LogP contribution in [0.1, 0.15) is 0 Å². The molecule has 0 spiro atoms. The Balaban J connectivity index is -0.000000333. The zero-order valence-corrected chi connectivity index (χ0v) is 15.4. The summed E-state index contributed by atoms with van der Waals surface area (Å²) in [7, 11) is -13.3. The third kappa shape index (κ3) is 6.82. The number of hydrogen-bond donors (Lipinski definition) is 0. The summed E-state index contributed by atoms with van der Waals surface area (Å²) < 4.78 is 167. The van der Waals surface area contributed by atoms with E-state index in [4.69, 9.17) is 0 Å². The molecule has 0 unspecified atom stereocenters. The standard InChI is InChI=1S/2C2HF5O3S.Cd/c2*3-1(4,5)2(6,7)11(8,9)10;/h2*(H,8,9,10);/q;;+2/p-2. The third-order valence-electron chi connectivity index (χ3n) is 1.29. The molecule has 0 aliphatic rings. The molecule has 0 heterocycles. The average Bonchev–Trinajstić information content (AvgIpc) is 2.10. The molecule has 0 bridgehead atoms. The largest absolute Gasteiger partial charge is 2.00 e. The molecule has 136 valence electrons. The molecule has 23 heavy (non-hydrogen) atoms. The van der Waals surface area contributed by atoms with E-state index in [0.29, 0.717) is 0 Å². The van der Waals surface area contributed by atoms with E-state index in [1.165, 1.54) is 0 Å². The molecule has 0 fully saturated rings. The van der Waals surface area contributed by atoms with Crippen LogP contribution in [-0.4, -0.2) is 48.8 Å². The summed E-state index contributed by atoms with van der Waals surface area (Å²) in [5, 5.41) is -12.4. The second-order valence-electron chi connectivity index (χ2n) is 2.94. The molecule has 0 saturated carbocycles. The number of alkyl halides is 10. The predicted octanol–water partition coefficient (Wildman–Crippen LogP) is 1.37. The minimum Gasteiger partial charge on any atom is -0.743 e. The summed E-state index contributed by atoms with van der Waals surface area (Å²) in [5.41, 5.74) is 0. The summed E-state index contributed by atoms with van der Waals surface area (Å²) in [5.74, 6) is 0. The van der Waals surface area contributed by atoms with Gasteiger partial charge in [-0.3, -0.25) is 0 Å². The van der Waals surface area contributed by atoms with Crippen LogP contribution in [0.5, 0.6) is 0 Å². The summed E-state index contributed by atoms with van der Waals surface area (Å²) in [6.07, 6.45) is -12.7. The van der Waals surface area contributed by atoms with Crippen LogP contribution in [0.25, 0.3) is 0 Å². The molecule has 19 heteroatoms. The third-order valence-corrected chi connectivity index (χ3v) is 3.01. The van der Waals surface area contributed by atoms with Gasteiger partial charge in [0.25, 0.3) is 0 Å². The van der Waals surface area contributed by atoms with Crippen LogP contribution in [0.2, 0.25) is 0 Å². The molecule has 0 radical (unpaired) electrons. The fourth-order valence-electron chi connectivity index (χ4n) is 0.283. The van der Waals surface area contributed by atoms with Crippen LogP contribution in [0.4, 0.5) is 43.9 Å². The van der Waals surface area contributed by atoms with E-state index in [2.05, 4.69) is 0 Å². The normalized spacial score (nSPS) is 14.4. The van der Waals surface area contributed by atoms with Crippen molar-refractivity contribution in [1.82, 2.24) is 0 Å². The topological polar surface area (TPSA) is 114 Å². The quantitative estimate of drug-likeness (QED) is 0.315. The summed E-state index contributed by atoms with van der Waals surface area (Å²) in [6, 6.07) is 0. The van der Waals surface area contributed by atoms with Gasteiger partial charge >= 0.3 is 50.2 Å². The maximum atomic E-state index is 11.4. The van der Waals surface area contributed by atoms with E-state index >= 15 is 0 Å². The first kappa shape index (κ1) is 27.9. The second kappa shape index (κ2) is 7.51. The smallest absolute Gasteiger partial charge is 0.743 e. The predicted molar refractivity (Wildman–Crippen MR) is 41.4 cm³/mol. The van der Waals surface area contributed by atoms with Crippen molar-refractivity contribution in [2.45, 2.75) is 22.9 Å². The zero-order chi connectivity index (χ0) is 19.0. The summed E-state index contributed by atoms with van der Waals surface area (Å²) >= 11 is 0. The fourth-order valence-corrected chi connectivity index (χ4v) is 0.850. The molecule has 0 aromatic rings. The van der Waals surface area contributed by atoms with Crippen molar-refractivity contribution in [1.29, 1.82) is 0 Å². The van der Waals surface area contributed by atoms with Gasteiger partial charge in [0.15, 0.2) is 20.2 Å². The van der Waals surface area contributed by atoms with Gasteiger partial charge in [-0.25, -0.2) is 16.8 Å². The first-order chi connectivity index (χ1) is 9.00. The van der Waals surface area contributed by atoms with Crippen LogP contribution < -0.4 is 0 Å². The molecule has 0 saturated heterocycles. The molecular weight excluding hydrogens is 511 g/mol. The van der Waals surface area contributed by atoms with Gasteiger partial charge in [0.05, 0.1) is 0 Å².